The van der Waals surface area contributed by atoms with E-state index in [1.807, 2.05) is 33.8 Å². The molecular weight excluding hydrogens is 276 g/mol. The predicted octanol–water partition coefficient (Wildman–Crippen LogP) is 3.63. The number of pyridine rings is 1. The van der Waals surface area contributed by atoms with Gasteiger partial charge in [-0.2, -0.15) is 0 Å². The lowest BCUT2D eigenvalue weighted by Crippen LogP contribution is -2.41. The molecule has 0 saturated heterocycles. The standard InChI is InChI=1S/C15H23ClN2O2/c1-5-11(3)18(20-12(4)6-2)14(19)10-13-8-7-9-17-15(13)16/h7-9,11-12H,5-6,10H2,1-4H3. The minimum absolute atomic E-state index is 0.0114. The van der Waals surface area contributed by atoms with Gasteiger partial charge >= 0.3 is 0 Å². The van der Waals surface area contributed by atoms with Crippen molar-refractivity contribution < 1.29 is 9.63 Å². The summed E-state index contributed by atoms with van der Waals surface area (Å²) in [6, 6.07) is 3.62. The van der Waals surface area contributed by atoms with Crippen LogP contribution in [0.1, 0.15) is 46.1 Å². The molecule has 0 bridgehead atoms. The Balaban J connectivity index is 2.80. The van der Waals surface area contributed by atoms with E-state index >= 15 is 0 Å². The number of nitrogens with zero attached hydrogens (tertiary/aromatic N) is 2. The molecule has 0 saturated carbocycles. The van der Waals surface area contributed by atoms with Crippen molar-refractivity contribution in [3.8, 4) is 0 Å². The van der Waals surface area contributed by atoms with Crippen molar-refractivity contribution >= 4 is 17.5 Å². The van der Waals surface area contributed by atoms with E-state index in [1.165, 1.54) is 5.06 Å². The first kappa shape index (κ1) is 16.9. The molecule has 0 aliphatic carbocycles. The van der Waals surface area contributed by atoms with E-state index < -0.39 is 0 Å². The summed E-state index contributed by atoms with van der Waals surface area (Å²) in [5.74, 6) is -0.0884. The van der Waals surface area contributed by atoms with Crippen molar-refractivity contribution in [2.24, 2.45) is 0 Å². The van der Waals surface area contributed by atoms with Crippen LogP contribution in [0.25, 0.3) is 0 Å². The number of hydrogen-bond acceptors (Lipinski definition) is 3. The van der Waals surface area contributed by atoms with Gasteiger partial charge in [0.25, 0.3) is 5.91 Å². The summed E-state index contributed by atoms with van der Waals surface area (Å²) in [7, 11) is 0. The molecule has 20 heavy (non-hydrogen) atoms. The minimum Gasteiger partial charge on any atom is -0.272 e. The quantitative estimate of drug-likeness (QED) is 0.570. The molecule has 0 fully saturated rings. The Hall–Kier alpha value is -1.13. The fourth-order valence-corrected chi connectivity index (χ4v) is 1.82. The van der Waals surface area contributed by atoms with Crippen LogP contribution in [0.15, 0.2) is 18.3 Å². The molecule has 0 radical (unpaired) electrons. The van der Waals surface area contributed by atoms with Gasteiger partial charge in [0.15, 0.2) is 0 Å². The highest BCUT2D eigenvalue weighted by Crippen LogP contribution is 2.16. The highest BCUT2D eigenvalue weighted by atomic mass is 35.5. The number of hydroxylamine groups is 2. The van der Waals surface area contributed by atoms with Gasteiger partial charge in [-0.05, 0) is 38.3 Å². The Labute approximate surface area is 126 Å². The molecule has 1 amide bonds. The molecule has 112 valence electrons. The number of rotatable bonds is 7. The van der Waals surface area contributed by atoms with Gasteiger partial charge in [0.1, 0.15) is 5.15 Å². The van der Waals surface area contributed by atoms with E-state index in [0.29, 0.717) is 5.15 Å². The second-order valence-corrected chi connectivity index (χ2v) is 5.29. The molecule has 1 rings (SSSR count). The van der Waals surface area contributed by atoms with Crippen LogP contribution >= 0.6 is 11.6 Å². The van der Waals surface area contributed by atoms with Crippen molar-refractivity contribution in [1.29, 1.82) is 0 Å². The van der Waals surface area contributed by atoms with Crippen molar-refractivity contribution in [3.05, 3.63) is 29.0 Å². The monoisotopic (exact) mass is 298 g/mol. The average Bonchev–Trinajstić information content (AvgIpc) is 2.45. The van der Waals surface area contributed by atoms with Crippen LogP contribution in [-0.2, 0) is 16.1 Å². The Morgan fingerprint density at radius 2 is 2.10 bits per heavy atom. The Morgan fingerprint density at radius 3 is 2.65 bits per heavy atom. The van der Waals surface area contributed by atoms with E-state index in [9.17, 15) is 4.79 Å². The summed E-state index contributed by atoms with van der Waals surface area (Å²) in [6.07, 6.45) is 3.51. The van der Waals surface area contributed by atoms with Gasteiger partial charge in [-0.3, -0.25) is 9.63 Å². The lowest BCUT2D eigenvalue weighted by molar-refractivity contribution is -0.216. The highest BCUT2D eigenvalue weighted by Gasteiger charge is 2.23. The van der Waals surface area contributed by atoms with Crippen LogP contribution in [0.3, 0.4) is 0 Å². The van der Waals surface area contributed by atoms with Crippen molar-refractivity contribution in [1.82, 2.24) is 10.0 Å². The highest BCUT2D eigenvalue weighted by molar-refractivity contribution is 6.30. The smallest absolute Gasteiger partial charge is 0.250 e. The summed E-state index contributed by atoms with van der Waals surface area (Å²) in [6.45, 7) is 7.99. The van der Waals surface area contributed by atoms with Crippen molar-refractivity contribution in [2.45, 2.75) is 59.1 Å². The number of amides is 1. The average molecular weight is 299 g/mol. The molecule has 0 aliphatic rings. The largest absolute Gasteiger partial charge is 0.272 e. The third kappa shape index (κ3) is 4.76. The van der Waals surface area contributed by atoms with Crippen LogP contribution in [0, 0.1) is 0 Å². The minimum atomic E-state index is -0.0884. The van der Waals surface area contributed by atoms with Crippen LogP contribution in [0.5, 0.6) is 0 Å². The summed E-state index contributed by atoms with van der Waals surface area (Å²) < 4.78 is 0. The fraction of sp³-hybridized carbons (Fsp3) is 0.600. The first-order valence-corrected chi connectivity index (χ1v) is 7.45. The normalized spacial score (nSPS) is 13.8. The summed E-state index contributed by atoms with van der Waals surface area (Å²) >= 11 is 6.00. The van der Waals surface area contributed by atoms with Crippen LogP contribution in [-0.4, -0.2) is 28.1 Å². The lowest BCUT2D eigenvalue weighted by Gasteiger charge is -2.30. The van der Waals surface area contributed by atoms with Crippen molar-refractivity contribution in [2.75, 3.05) is 0 Å². The van der Waals surface area contributed by atoms with Gasteiger partial charge in [0.2, 0.25) is 0 Å². The molecule has 2 unspecified atom stereocenters. The lowest BCUT2D eigenvalue weighted by atomic mass is 10.2. The van der Waals surface area contributed by atoms with Gasteiger partial charge < -0.3 is 0 Å². The summed E-state index contributed by atoms with van der Waals surface area (Å²) in [5, 5.41) is 1.85. The van der Waals surface area contributed by atoms with E-state index in [-0.39, 0.29) is 24.5 Å². The Morgan fingerprint density at radius 1 is 1.40 bits per heavy atom. The molecule has 0 aliphatic heterocycles. The maximum atomic E-state index is 12.4. The van der Waals surface area contributed by atoms with E-state index in [0.717, 1.165) is 18.4 Å². The topological polar surface area (TPSA) is 42.4 Å². The molecule has 0 spiro atoms. The second kappa shape index (κ2) is 8.22. The fourth-order valence-electron chi connectivity index (χ4n) is 1.63. The molecule has 0 N–H and O–H groups in total. The number of carbonyl (C=O) groups is 1. The van der Waals surface area contributed by atoms with Gasteiger partial charge in [0.05, 0.1) is 18.6 Å². The molecule has 2 atom stereocenters. The summed E-state index contributed by atoms with van der Waals surface area (Å²) in [5.41, 5.74) is 0.722. The van der Waals surface area contributed by atoms with Gasteiger partial charge in [0, 0.05) is 6.20 Å². The zero-order valence-corrected chi connectivity index (χ0v) is 13.4. The molecule has 1 aromatic rings. The molecular formula is C15H23ClN2O2. The molecule has 5 heteroatoms. The summed E-state index contributed by atoms with van der Waals surface area (Å²) in [4.78, 5) is 22.2. The van der Waals surface area contributed by atoms with Crippen molar-refractivity contribution in [3.63, 3.8) is 0 Å². The maximum absolute atomic E-state index is 12.4. The van der Waals surface area contributed by atoms with Crippen LogP contribution in [0.4, 0.5) is 0 Å². The zero-order chi connectivity index (χ0) is 15.1. The first-order valence-electron chi connectivity index (χ1n) is 7.07. The molecule has 1 aromatic heterocycles. The Kier molecular flexibility index (Phi) is 6.96. The predicted molar refractivity (Wildman–Crippen MR) is 80.4 cm³/mol. The van der Waals surface area contributed by atoms with Gasteiger partial charge in [-0.25, -0.2) is 10.0 Å². The molecule has 4 nitrogen and oxygen atoms in total. The van der Waals surface area contributed by atoms with E-state index in [4.69, 9.17) is 16.4 Å². The third-order valence-corrected chi connectivity index (χ3v) is 3.62. The number of halogens is 1. The van der Waals surface area contributed by atoms with E-state index in [1.54, 1.807) is 12.3 Å². The Bertz CT molecular complexity index is 440. The molecule has 0 aromatic carbocycles. The zero-order valence-electron chi connectivity index (χ0n) is 12.6. The van der Waals surface area contributed by atoms with Crippen LogP contribution < -0.4 is 0 Å². The number of aromatic nitrogens is 1. The van der Waals surface area contributed by atoms with E-state index in [2.05, 4.69) is 4.98 Å². The van der Waals surface area contributed by atoms with Gasteiger partial charge in [-0.1, -0.05) is 31.5 Å². The van der Waals surface area contributed by atoms with Crippen LogP contribution in [0.2, 0.25) is 5.15 Å². The van der Waals surface area contributed by atoms with Gasteiger partial charge in [-0.15, -0.1) is 0 Å². The first-order chi connectivity index (χ1) is 9.49. The number of carbonyl (C=O) groups excluding carboxylic acids is 1. The number of hydrogen-bond donors (Lipinski definition) is 0. The second-order valence-electron chi connectivity index (χ2n) is 4.93. The SMILES string of the molecule is CCC(C)ON(C(=O)Cc1cccnc1Cl)C(C)CC. The maximum Gasteiger partial charge on any atom is 0.250 e. The third-order valence-electron chi connectivity index (χ3n) is 3.28. The molecule has 1 heterocycles.